The summed E-state index contributed by atoms with van der Waals surface area (Å²) in [5.41, 5.74) is 2.20. The first-order valence-electron chi connectivity index (χ1n) is 14.9. The first-order chi connectivity index (χ1) is 20.8. The number of pyridine rings is 2. The molecule has 1 aliphatic heterocycles. The van der Waals surface area contributed by atoms with Crippen LogP contribution in [-0.4, -0.2) is 55.5 Å². The molecule has 5 rings (SSSR count). The van der Waals surface area contributed by atoms with Crippen molar-refractivity contribution in [2.75, 3.05) is 18.0 Å². The number of hydrogen-bond donors (Lipinski definition) is 0. The van der Waals surface area contributed by atoms with E-state index in [2.05, 4.69) is 30.4 Å². The number of nitrogens with zero attached hydrogens (tertiary/aromatic N) is 6. The Morgan fingerprint density at radius 2 is 1.68 bits per heavy atom. The van der Waals surface area contributed by atoms with Crippen LogP contribution in [0.4, 0.5) is 14.6 Å². The van der Waals surface area contributed by atoms with Crippen LogP contribution in [-0.2, 0) is 4.79 Å². The van der Waals surface area contributed by atoms with Gasteiger partial charge in [0.25, 0.3) is 0 Å². The van der Waals surface area contributed by atoms with E-state index >= 15 is 4.39 Å². The number of piperazine rings is 1. The summed E-state index contributed by atoms with van der Waals surface area (Å²) in [4.78, 5) is 44.4. The number of benzene rings is 1. The molecule has 0 N–H and O–H groups in total. The van der Waals surface area contributed by atoms with E-state index < -0.39 is 17.3 Å². The van der Waals surface area contributed by atoms with Crippen molar-refractivity contribution in [3.63, 3.8) is 0 Å². The number of fused-ring (bicyclic) bond motifs is 1. The summed E-state index contributed by atoms with van der Waals surface area (Å²) >= 11 is 0. The SMILES string of the molecule is C=CC(=O)N1CC(C)N(c2nc(=O)n(-c3c(C)cc(C(C)C)nc3C(C)C)c3nc(-c4ccccc4F)c(F)cc23)CC1C. The Kier molecular flexibility index (Phi) is 8.38. The van der Waals surface area contributed by atoms with Gasteiger partial charge in [0.15, 0.2) is 5.65 Å². The lowest BCUT2D eigenvalue weighted by molar-refractivity contribution is -0.128. The number of aromatic nitrogens is 4. The molecular weight excluding hydrogens is 562 g/mol. The lowest BCUT2D eigenvalue weighted by atomic mass is 10.00. The maximum Gasteiger partial charge on any atom is 0.355 e. The van der Waals surface area contributed by atoms with Crippen molar-refractivity contribution >= 4 is 22.8 Å². The molecule has 4 heterocycles. The number of carbonyl (C=O) groups excluding carboxylic acids is 1. The highest BCUT2D eigenvalue weighted by atomic mass is 19.1. The highest BCUT2D eigenvalue weighted by molar-refractivity contribution is 5.91. The lowest BCUT2D eigenvalue weighted by Gasteiger charge is -2.44. The van der Waals surface area contributed by atoms with Gasteiger partial charge in [0.1, 0.15) is 23.1 Å². The average Bonchev–Trinajstić information content (AvgIpc) is 2.97. The van der Waals surface area contributed by atoms with Gasteiger partial charge in [0.2, 0.25) is 5.91 Å². The zero-order chi connectivity index (χ0) is 32.0. The minimum absolute atomic E-state index is 0.0168. The number of rotatable bonds is 6. The van der Waals surface area contributed by atoms with E-state index in [1.54, 1.807) is 11.0 Å². The molecule has 2 atom stereocenters. The van der Waals surface area contributed by atoms with Crippen LogP contribution in [0, 0.1) is 18.6 Å². The summed E-state index contributed by atoms with van der Waals surface area (Å²) < 4.78 is 32.3. The van der Waals surface area contributed by atoms with Crippen LogP contribution in [0.25, 0.3) is 28.0 Å². The second-order valence-electron chi connectivity index (χ2n) is 12.2. The molecule has 10 heteroatoms. The molecule has 0 saturated carbocycles. The molecule has 44 heavy (non-hydrogen) atoms. The minimum atomic E-state index is -0.744. The molecule has 0 aliphatic carbocycles. The van der Waals surface area contributed by atoms with Crippen molar-refractivity contribution in [2.24, 2.45) is 0 Å². The Hall–Kier alpha value is -4.47. The Morgan fingerprint density at radius 1 is 0.977 bits per heavy atom. The van der Waals surface area contributed by atoms with Gasteiger partial charge >= 0.3 is 5.69 Å². The second-order valence-corrected chi connectivity index (χ2v) is 12.2. The Labute approximate surface area is 256 Å². The van der Waals surface area contributed by atoms with E-state index in [9.17, 15) is 14.0 Å². The molecule has 0 radical (unpaired) electrons. The lowest BCUT2D eigenvalue weighted by Crippen LogP contribution is -2.58. The number of anilines is 1. The summed E-state index contributed by atoms with van der Waals surface area (Å²) in [6.07, 6.45) is 1.28. The molecule has 230 valence electrons. The predicted octanol–water partition coefficient (Wildman–Crippen LogP) is 6.29. The van der Waals surface area contributed by atoms with Gasteiger partial charge in [-0.05, 0) is 68.5 Å². The molecule has 1 aliphatic rings. The molecule has 1 saturated heterocycles. The fraction of sp³-hybridized carbons (Fsp3) is 0.382. The van der Waals surface area contributed by atoms with Crippen LogP contribution in [0.3, 0.4) is 0 Å². The zero-order valence-corrected chi connectivity index (χ0v) is 26.2. The van der Waals surface area contributed by atoms with Crippen molar-refractivity contribution in [1.29, 1.82) is 0 Å². The molecule has 4 aromatic rings. The van der Waals surface area contributed by atoms with Gasteiger partial charge in [-0.3, -0.25) is 9.78 Å². The third kappa shape index (κ3) is 5.37. The maximum atomic E-state index is 15.9. The molecule has 2 unspecified atom stereocenters. The molecule has 1 amide bonds. The second kappa shape index (κ2) is 11.9. The number of amides is 1. The molecular formula is C34H38F2N6O2. The van der Waals surface area contributed by atoms with Crippen molar-refractivity contribution < 1.29 is 13.6 Å². The minimum Gasteiger partial charge on any atom is -0.349 e. The fourth-order valence-electron chi connectivity index (χ4n) is 5.92. The van der Waals surface area contributed by atoms with Crippen molar-refractivity contribution in [1.82, 2.24) is 24.4 Å². The van der Waals surface area contributed by atoms with Gasteiger partial charge in [0, 0.05) is 36.4 Å². The monoisotopic (exact) mass is 600 g/mol. The third-order valence-corrected chi connectivity index (χ3v) is 8.24. The first-order valence-corrected chi connectivity index (χ1v) is 14.9. The molecule has 8 nitrogen and oxygen atoms in total. The third-order valence-electron chi connectivity index (χ3n) is 8.24. The molecule has 3 aromatic heterocycles. The number of halogens is 2. The molecule has 0 bridgehead atoms. The highest BCUT2D eigenvalue weighted by Crippen LogP contribution is 2.35. The van der Waals surface area contributed by atoms with Gasteiger partial charge < -0.3 is 9.80 Å². The van der Waals surface area contributed by atoms with E-state index in [0.717, 1.165) is 11.3 Å². The van der Waals surface area contributed by atoms with Gasteiger partial charge in [0.05, 0.1) is 16.8 Å². The summed E-state index contributed by atoms with van der Waals surface area (Å²) in [6, 6.07) is 8.58. The smallest absolute Gasteiger partial charge is 0.349 e. The van der Waals surface area contributed by atoms with Crippen molar-refractivity contribution in [3.05, 3.63) is 88.1 Å². The fourth-order valence-corrected chi connectivity index (χ4v) is 5.92. The normalized spacial score (nSPS) is 17.2. The van der Waals surface area contributed by atoms with E-state index in [1.807, 2.05) is 45.6 Å². The first kappa shape index (κ1) is 31.0. The number of hydrogen-bond acceptors (Lipinski definition) is 6. The summed E-state index contributed by atoms with van der Waals surface area (Å²) in [7, 11) is 0. The van der Waals surface area contributed by atoms with Gasteiger partial charge in [-0.15, -0.1) is 0 Å². The average molecular weight is 601 g/mol. The Bertz CT molecular complexity index is 1830. The number of carbonyl (C=O) groups is 1. The Balaban J connectivity index is 1.84. The van der Waals surface area contributed by atoms with Gasteiger partial charge in [-0.2, -0.15) is 4.98 Å². The largest absolute Gasteiger partial charge is 0.355 e. The van der Waals surface area contributed by atoms with Crippen LogP contribution < -0.4 is 10.6 Å². The van der Waals surface area contributed by atoms with Crippen LogP contribution >= 0.6 is 0 Å². The summed E-state index contributed by atoms with van der Waals surface area (Å²) in [5, 5.41) is 0.298. The van der Waals surface area contributed by atoms with Gasteiger partial charge in [-0.25, -0.2) is 23.1 Å². The van der Waals surface area contributed by atoms with E-state index in [0.29, 0.717) is 29.9 Å². The predicted molar refractivity (Wildman–Crippen MR) is 169 cm³/mol. The zero-order valence-electron chi connectivity index (χ0n) is 26.2. The standard InChI is InChI=1S/C34H38F2N6O2/c1-9-28(43)40-16-22(8)41(17-21(40)7)32-24-15-26(36)30(23-12-10-11-13-25(23)35)38-33(24)42(34(44)39-32)31-20(6)14-27(18(2)3)37-29(31)19(4)5/h9-15,18-19,21-22H,1,16-17H2,2-8H3. The topological polar surface area (TPSA) is 84.2 Å². The summed E-state index contributed by atoms with van der Waals surface area (Å²) in [5.74, 6) is -1.21. The van der Waals surface area contributed by atoms with Crippen LogP contribution in [0.15, 0.2) is 53.8 Å². The maximum absolute atomic E-state index is 15.9. The molecule has 1 fully saturated rings. The highest BCUT2D eigenvalue weighted by Gasteiger charge is 2.34. The van der Waals surface area contributed by atoms with Crippen LogP contribution in [0.1, 0.15) is 70.3 Å². The van der Waals surface area contributed by atoms with Crippen LogP contribution in [0.2, 0.25) is 0 Å². The van der Waals surface area contributed by atoms with E-state index in [-0.39, 0.29) is 52.5 Å². The van der Waals surface area contributed by atoms with Gasteiger partial charge in [-0.1, -0.05) is 46.4 Å². The molecule has 1 aromatic carbocycles. The van der Waals surface area contributed by atoms with Crippen LogP contribution in [0.5, 0.6) is 0 Å². The van der Waals surface area contributed by atoms with Crippen molar-refractivity contribution in [2.45, 2.75) is 72.4 Å². The van der Waals surface area contributed by atoms with E-state index in [1.165, 1.54) is 34.9 Å². The number of aryl methyl sites for hydroxylation is 1. The quantitative estimate of drug-likeness (QED) is 0.242. The summed E-state index contributed by atoms with van der Waals surface area (Å²) in [6.45, 7) is 18.1. The van der Waals surface area contributed by atoms with E-state index in [4.69, 9.17) is 4.98 Å². The molecule has 0 spiro atoms. The van der Waals surface area contributed by atoms with Crippen molar-refractivity contribution in [3.8, 4) is 16.9 Å². The Morgan fingerprint density at radius 3 is 2.32 bits per heavy atom.